The number of carbonyl (C=O) groups excluding carboxylic acids is 1. The van der Waals surface area contributed by atoms with Gasteiger partial charge in [0.15, 0.2) is 0 Å². The standard InChI is InChI=1S/C33H51N3O5/c1-24(2)36(27-14-11-17-35(22-27)32(37)41-33(3,4)5)21-26-20-30(39-19-18-38-6)28-15-10-16-29(31(28)34-26)40-23-25-12-8-7-9-13-25/h10,15-16,20,24-25,27H,7-9,11-14,17-19,21-23H2,1-6H3/t27-/m1/s1. The number of pyridine rings is 1. The summed E-state index contributed by atoms with van der Waals surface area (Å²) in [6.07, 6.45) is 8.13. The molecule has 41 heavy (non-hydrogen) atoms. The molecule has 0 N–H and O–H groups in total. The fourth-order valence-electron chi connectivity index (χ4n) is 5.99. The number of rotatable bonds is 11. The lowest BCUT2D eigenvalue weighted by Crippen LogP contribution is -2.52. The molecule has 1 saturated heterocycles. The molecule has 0 unspecified atom stereocenters. The number of carbonyl (C=O) groups is 1. The largest absolute Gasteiger partial charge is 0.491 e. The summed E-state index contributed by atoms with van der Waals surface area (Å²) in [6.45, 7) is 13.9. The monoisotopic (exact) mass is 569 g/mol. The molecule has 1 aromatic heterocycles. The second-order valence-electron chi connectivity index (χ2n) is 12.9. The summed E-state index contributed by atoms with van der Waals surface area (Å²) < 4.78 is 23.6. The van der Waals surface area contributed by atoms with E-state index in [1.807, 2.05) is 37.8 Å². The Morgan fingerprint density at radius 3 is 2.54 bits per heavy atom. The summed E-state index contributed by atoms with van der Waals surface area (Å²) in [6, 6.07) is 8.66. The van der Waals surface area contributed by atoms with Crippen molar-refractivity contribution >= 4 is 17.0 Å². The maximum Gasteiger partial charge on any atom is 0.410 e. The van der Waals surface area contributed by atoms with E-state index in [0.717, 1.165) is 54.1 Å². The SMILES string of the molecule is COCCOc1cc(CN(C(C)C)[C@@H]2CCCN(C(=O)OC(C)(C)C)C2)nc2c(OCC3CCCCC3)cccc12. The number of likely N-dealkylation sites (tertiary alicyclic amines) is 1. The van der Waals surface area contributed by atoms with Crippen molar-refractivity contribution in [1.82, 2.24) is 14.8 Å². The molecule has 2 aliphatic rings. The zero-order chi connectivity index (χ0) is 29.4. The van der Waals surface area contributed by atoms with Gasteiger partial charge in [-0.2, -0.15) is 0 Å². The molecule has 1 aromatic carbocycles. The lowest BCUT2D eigenvalue weighted by atomic mass is 9.90. The Morgan fingerprint density at radius 2 is 1.83 bits per heavy atom. The van der Waals surface area contributed by atoms with Crippen molar-refractivity contribution in [1.29, 1.82) is 0 Å². The molecule has 1 atom stereocenters. The molecule has 2 fully saturated rings. The van der Waals surface area contributed by atoms with Gasteiger partial charge in [-0.05, 0) is 78.4 Å². The molecule has 0 radical (unpaired) electrons. The Bertz CT molecular complexity index is 1130. The van der Waals surface area contributed by atoms with E-state index in [4.69, 9.17) is 23.9 Å². The Balaban J connectivity index is 1.58. The molecule has 1 saturated carbocycles. The van der Waals surface area contributed by atoms with E-state index >= 15 is 0 Å². The molecule has 1 amide bonds. The number of para-hydroxylation sites is 1. The van der Waals surface area contributed by atoms with Gasteiger partial charge in [-0.3, -0.25) is 4.90 Å². The first-order chi connectivity index (χ1) is 19.6. The van der Waals surface area contributed by atoms with Crippen LogP contribution in [0.3, 0.4) is 0 Å². The maximum atomic E-state index is 12.9. The van der Waals surface area contributed by atoms with Crippen molar-refractivity contribution in [3.8, 4) is 11.5 Å². The van der Waals surface area contributed by atoms with E-state index in [1.165, 1.54) is 32.1 Å². The van der Waals surface area contributed by atoms with Crippen LogP contribution in [0.25, 0.3) is 10.9 Å². The normalized spacial score (nSPS) is 18.7. The number of hydrogen-bond donors (Lipinski definition) is 0. The average Bonchev–Trinajstić information content (AvgIpc) is 2.94. The molecule has 2 heterocycles. The molecule has 4 rings (SSSR count). The third-order valence-corrected chi connectivity index (χ3v) is 8.09. The quantitative estimate of drug-likeness (QED) is 0.275. The molecular formula is C33H51N3O5. The van der Waals surface area contributed by atoms with Crippen LogP contribution in [0, 0.1) is 5.92 Å². The van der Waals surface area contributed by atoms with Crippen LogP contribution in [0.5, 0.6) is 11.5 Å². The van der Waals surface area contributed by atoms with E-state index in [-0.39, 0.29) is 18.2 Å². The minimum atomic E-state index is -0.507. The van der Waals surface area contributed by atoms with Crippen molar-refractivity contribution in [2.24, 2.45) is 5.92 Å². The van der Waals surface area contributed by atoms with Gasteiger partial charge < -0.3 is 23.8 Å². The van der Waals surface area contributed by atoms with E-state index in [1.54, 1.807) is 7.11 Å². The Hall–Kier alpha value is -2.58. The van der Waals surface area contributed by atoms with Gasteiger partial charge in [-0.1, -0.05) is 25.3 Å². The zero-order valence-corrected chi connectivity index (χ0v) is 26.1. The van der Waals surface area contributed by atoms with Crippen molar-refractivity contribution < 1.29 is 23.7 Å². The van der Waals surface area contributed by atoms with Crippen LogP contribution in [0.4, 0.5) is 4.79 Å². The second-order valence-corrected chi connectivity index (χ2v) is 12.9. The number of aromatic nitrogens is 1. The first-order valence-electron chi connectivity index (χ1n) is 15.6. The third kappa shape index (κ3) is 8.95. The predicted molar refractivity (Wildman–Crippen MR) is 163 cm³/mol. The molecule has 1 aliphatic carbocycles. The van der Waals surface area contributed by atoms with Crippen molar-refractivity contribution in [2.75, 3.05) is 40.0 Å². The molecule has 8 heteroatoms. The summed E-state index contributed by atoms with van der Waals surface area (Å²) in [5, 5.41) is 0.955. The van der Waals surface area contributed by atoms with Crippen LogP contribution in [0.15, 0.2) is 24.3 Å². The number of benzene rings is 1. The van der Waals surface area contributed by atoms with Crippen LogP contribution in [0.1, 0.15) is 85.3 Å². The van der Waals surface area contributed by atoms with E-state index in [2.05, 4.69) is 30.9 Å². The van der Waals surface area contributed by atoms with Gasteiger partial charge in [0, 0.05) is 50.3 Å². The summed E-state index contributed by atoms with van der Waals surface area (Å²) in [5.74, 6) is 2.22. The van der Waals surface area contributed by atoms with Gasteiger partial charge in [0.1, 0.15) is 29.2 Å². The van der Waals surface area contributed by atoms with Gasteiger partial charge in [0.25, 0.3) is 0 Å². The van der Waals surface area contributed by atoms with E-state index in [0.29, 0.717) is 32.2 Å². The fraction of sp³-hybridized carbons (Fsp3) is 0.697. The number of nitrogens with zero attached hydrogens (tertiary/aromatic N) is 3. The number of hydrogen-bond acceptors (Lipinski definition) is 7. The average molecular weight is 570 g/mol. The number of ether oxygens (including phenoxy) is 4. The fourth-order valence-corrected chi connectivity index (χ4v) is 5.99. The summed E-state index contributed by atoms with van der Waals surface area (Å²) in [5.41, 5.74) is 1.27. The molecule has 228 valence electrons. The number of fused-ring (bicyclic) bond motifs is 1. The van der Waals surface area contributed by atoms with Crippen LogP contribution in [-0.2, 0) is 16.0 Å². The van der Waals surface area contributed by atoms with Crippen LogP contribution < -0.4 is 9.47 Å². The number of piperidine rings is 1. The lowest BCUT2D eigenvalue weighted by Gasteiger charge is -2.41. The molecule has 0 spiro atoms. The highest BCUT2D eigenvalue weighted by Gasteiger charge is 2.32. The highest BCUT2D eigenvalue weighted by molar-refractivity contribution is 5.90. The van der Waals surface area contributed by atoms with Gasteiger partial charge in [0.05, 0.1) is 18.9 Å². The first-order valence-corrected chi connectivity index (χ1v) is 15.6. The minimum Gasteiger partial charge on any atom is -0.491 e. The highest BCUT2D eigenvalue weighted by atomic mass is 16.6. The number of amides is 1. The molecule has 2 aromatic rings. The topological polar surface area (TPSA) is 73.4 Å². The molecule has 8 nitrogen and oxygen atoms in total. The minimum absolute atomic E-state index is 0.212. The van der Waals surface area contributed by atoms with E-state index in [9.17, 15) is 4.79 Å². The first kappa shape index (κ1) is 31.4. The zero-order valence-electron chi connectivity index (χ0n) is 26.1. The summed E-state index contributed by atoms with van der Waals surface area (Å²) in [4.78, 5) is 22.3. The lowest BCUT2D eigenvalue weighted by molar-refractivity contribution is 0.00606. The summed E-state index contributed by atoms with van der Waals surface area (Å²) in [7, 11) is 1.68. The van der Waals surface area contributed by atoms with E-state index < -0.39 is 5.60 Å². The predicted octanol–water partition coefficient (Wildman–Crippen LogP) is 6.83. The molecular weight excluding hydrogens is 518 g/mol. The highest BCUT2D eigenvalue weighted by Crippen LogP contribution is 2.34. The third-order valence-electron chi connectivity index (χ3n) is 8.09. The van der Waals surface area contributed by atoms with Crippen molar-refractivity contribution in [2.45, 2.75) is 104 Å². The number of methoxy groups -OCH3 is 1. The van der Waals surface area contributed by atoms with Gasteiger partial charge >= 0.3 is 6.09 Å². The Morgan fingerprint density at radius 1 is 1.05 bits per heavy atom. The van der Waals surface area contributed by atoms with Crippen LogP contribution >= 0.6 is 0 Å². The van der Waals surface area contributed by atoms with Gasteiger partial charge in [-0.15, -0.1) is 0 Å². The molecule has 1 aliphatic heterocycles. The Kier molecular flexibility index (Phi) is 11.1. The smallest absolute Gasteiger partial charge is 0.410 e. The van der Waals surface area contributed by atoms with Crippen LogP contribution in [-0.4, -0.2) is 78.6 Å². The maximum absolute atomic E-state index is 12.9. The summed E-state index contributed by atoms with van der Waals surface area (Å²) >= 11 is 0. The van der Waals surface area contributed by atoms with Crippen molar-refractivity contribution in [3.05, 3.63) is 30.0 Å². The Labute approximate surface area is 246 Å². The van der Waals surface area contributed by atoms with Crippen LogP contribution in [0.2, 0.25) is 0 Å². The molecule has 0 bridgehead atoms. The van der Waals surface area contributed by atoms with Gasteiger partial charge in [0.2, 0.25) is 0 Å². The van der Waals surface area contributed by atoms with Crippen molar-refractivity contribution in [3.63, 3.8) is 0 Å². The second kappa shape index (κ2) is 14.5. The van der Waals surface area contributed by atoms with Gasteiger partial charge in [-0.25, -0.2) is 9.78 Å².